The lowest BCUT2D eigenvalue weighted by Crippen LogP contribution is -2.12. The number of halogens is 1. The maximum Gasteiger partial charge on any atom is 0.267 e. The van der Waals surface area contributed by atoms with Crippen molar-refractivity contribution in [1.29, 1.82) is 0 Å². The summed E-state index contributed by atoms with van der Waals surface area (Å²) < 4.78 is 40.1. The minimum atomic E-state index is -3.97. The highest BCUT2D eigenvalue weighted by atomic mass is 32.2. The molecule has 1 heterocycles. The van der Waals surface area contributed by atoms with Gasteiger partial charge < -0.3 is 10.6 Å². The molecule has 0 atom stereocenters. The molecule has 3 aromatic rings. The van der Waals surface area contributed by atoms with Crippen molar-refractivity contribution in [2.45, 2.75) is 18.7 Å². The lowest BCUT2D eigenvalue weighted by Gasteiger charge is -2.06. The monoisotopic (exact) mass is 448 g/mol. The van der Waals surface area contributed by atoms with E-state index < -0.39 is 21.7 Å². The molecule has 0 bridgehead atoms. The number of hydrogen-bond acceptors (Lipinski definition) is 6. The van der Waals surface area contributed by atoms with Crippen LogP contribution in [0.1, 0.15) is 22.3 Å². The first-order chi connectivity index (χ1) is 14.1. The van der Waals surface area contributed by atoms with E-state index in [-0.39, 0.29) is 20.8 Å². The molecule has 3 N–H and O–H groups in total. The molecule has 0 aliphatic carbocycles. The van der Waals surface area contributed by atoms with Gasteiger partial charge in [-0.3, -0.25) is 14.3 Å². The fraction of sp³-hybridized carbons (Fsp3) is 0.105. The number of carbonyl (C=O) groups is 2. The number of nitrogens with zero attached hydrogens (tertiary/aromatic N) is 1. The second-order valence-electron chi connectivity index (χ2n) is 6.21. The Morgan fingerprint density at radius 1 is 0.967 bits per heavy atom. The van der Waals surface area contributed by atoms with Gasteiger partial charge in [-0.25, -0.2) is 17.8 Å². The fourth-order valence-electron chi connectivity index (χ4n) is 2.47. The molecule has 8 nitrogen and oxygen atoms in total. The van der Waals surface area contributed by atoms with Crippen molar-refractivity contribution in [3.63, 3.8) is 0 Å². The van der Waals surface area contributed by atoms with Gasteiger partial charge >= 0.3 is 0 Å². The molecule has 0 unspecified atom stereocenters. The maximum absolute atomic E-state index is 13.0. The highest BCUT2D eigenvalue weighted by Crippen LogP contribution is 2.26. The van der Waals surface area contributed by atoms with Crippen LogP contribution in [0.3, 0.4) is 0 Å². The maximum atomic E-state index is 13.0. The van der Waals surface area contributed by atoms with E-state index in [2.05, 4.69) is 20.3 Å². The van der Waals surface area contributed by atoms with Crippen LogP contribution in [0.15, 0.2) is 53.4 Å². The molecule has 0 spiro atoms. The van der Waals surface area contributed by atoms with Gasteiger partial charge in [0.05, 0.1) is 10.6 Å². The first kappa shape index (κ1) is 21.4. The van der Waals surface area contributed by atoms with E-state index >= 15 is 0 Å². The normalized spacial score (nSPS) is 11.0. The van der Waals surface area contributed by atoms with Gasteiger partial charge in [0.15, 0.2) is 5.13 Å². The summed E-state index contributed by atoms with van der Waals surface area (Å²) in [5, 5.41) is 5.33. The Balaban J connectivity index is 1.73. The standard InChI is InChI=1S/C19H17FN4O4S2/c1-11-17(18(26)23-15-7-5-14(6-8-15)22-12(2)25)29-19(21-11)24-30(27,28)16-9-3-13(20)4-10-16/h3-10H,1-2H3,(H,21,24)(H,22,25)(H,23,26). The van der Waals surface area contributed by atoms with E-state index in [0.717, 1.165) is 35.6 Å². The second kappa shape index (κ2) is 8.59. The number of nitrogens with one attached hydrogen (secondary N) is 3. The number of sulfonamides is 1. The minimum absolute atomic E-state index is 0.0166. The van der Waals surface area contributed by atoms with Crippen LogP contribution in [0.5, 0.6) is 0 Å². The first-order valence-corrected chi connectivity index (χ1v) is 10.9. The molecule has 11 heteroatoms. The van der Waals surface area contributed by atoms with E-state index in [1.165, 1.54) is 6.92 Å². The predicted octanol–water partition coefficient (Wildman–Crippen LogP) is 3.60. The van der Waals surface area contributed by atoms with Gasteiger partial charge in [0.25, 0.3) is 15.9 Å². The third-order valence-corrected chi connectivity index (χ3v) is 6.37. The van der Waals surface area contributed by atoms with Crippen LogP contribution >= 0.6 is 11.3 Å². The Bertz CT molecular complexity index is 1190. The van der Waals surface area contributed by atoms with E-state index in [0.29, 0.717) is 17.1 Å². The summed E-state index contributed by atoms with van der Waals surface area (Å²) in [4.78, 5) is 27.8. The summed E-state index contributed by atoms with van der Waals surface area (Å²) in [6, 6.07) is 10.9. The molecule has 0 aliphatic heterocycles. The fourth-order valence-corrected chi connectivity index (χ4v) is 4.56. The lowest BCUT2D eigenvalue weighted by molar-refractivity contribution is -0.114. The van der Waals surface area contributed by atoms with E-state index in [1.54, 1.807) is 31.2 Å². The molecule has 156 valence electrons. The Morgan fingerprint density at radius 2 is 1.53 bits per heavy atom. The molecule has 1 aromatic heterocycles. The summed E-state index contributed by atoms with van der Waals surface area (Å²) in [5.41, 5.74) is 1.44. The highest BCUT2D eigenvalue weighted by molar-refractivity contribution is 7.93. The second-order valence-corrected chi connectivity index (χ2v) is 8.89. The first-order valence-electron chi connectivity index (χ1n) is 8.59. The Kier molecular flexibility index (Phi) is 6.13. The number of benzene rings is 2. The van der Waals surface area contributed by atoms with Crippen molar-refractivity contribution in [1.82, 2.24) is 4.98 Å². The molecule has 0 saturated carbocycles. The largest absolute Gasteiger partial charge is 0.326 e. The number of anilines is 3. The van der Waals surface area contributed by atoms with Gasteiger partial charge in [-0.15, -0.1) is 0 Å². The van der Waals surface area contributed by atoms with Gasteiger partial charge in [0.2, 0.25) is 5.91 Å². The van der Waals surface area contributed by atoms with Crippen LogP contribution in [0.25, 0.3) is 0 Å². The molecule has 0 fully saturated rings. The summed E-state index contributed by atoms with van der Waals surface area (Å²) in [6.45, 7) is 2.98. The topological polar surface area (TPSA) is 117 Å². The predicted molar refractivity (Wildman–Crippen MR) is 113 cm³/mol. The number of amides is 2. The summed E-state index contributed by atoms with van der Waals surface area (Å²) in [6.07, 6.45) is 0. The smallest absolute Gasteiger partial charge is 0.267 e. The Hall–Kier alpha value is -3.31. The molecule has 2 amide bonds. The van der Waals surface area contributed by atoms with Crippen LogP contribution in [0.4, 0.5) is 20.9 Å². The van der Waals surface area contributed by atoms with Gasteiger partial charge in [0.1, 0.15) is 10.7 Å². The molecule has 0 saturated heterocycles. The SMILES string of the molecule is CC(=O)Nc1ccc(NC(=O)c2sc(NS(=O)(=O)c3ccc(F)cc3)nc2C)cc1. The van der Waals surface area contributed by atoms with Crippen molar-refractivity contribution in [2.75, 3.05) is 15.4 Å². The van der Waals surface area contributed by atoms with Crippen molar-refractivity contribution in [3.05, 3.63) is 64.9 Å². The molecule has 0 aliphatic rings. The summed E-state index contributed by atoms with van der Waals surface area (Å²) in [5.74, 6) is -1.21. The Labute approximate surface area is 176 Å². The molecule has 3 rings (SSSR count). The molecule has 2 aromatic carbocycles. The highest BCUT2D eigenvalue weighted by Gasteiger charge is 2.20. The molecule has 30 heavy (non-hydrogen) atoms. The van der Waals surface area contributed by atoms with Crippen molar-refractivity contribution >= 4 is 49.7 Å². The lowest BCUT2D eigenvalue weighted by atomic mass is 10.2. The zero-order valence-corrected chi connectivity index (χ0v) is 17.5. The third-order valence-electron chi connectivity index (χ3n) is 3.81. The van der Waals surface area contributed by atoms with Crippen molar-refractivity contribution in [3.8, 4) is 0 Å². The van der Waals surface area contributed by atoms with Crippen LogP contribution < -0.4 is 15.4 Å². The molecule has 0 radical (unpaired) electrons. The van der Waals surface area contributed by atoms with Crippen molar-refractivity contribution in [2.24, 2.45) is 0 Å². The van der Waals surface area contributed by atoms with Gasteiger partial charge in [-0.2, -0.15) is 0 Å². The average molecular weight is 449 g/mol. The van der Waals surface area contributed by atoms with Gasteiger partial charge in [0, 0.05) is 18.3 Å². The Morgan fingerprint density at radius 3 is 2.10 bits per heavy atom. The van der Waals surface area contributed by atoms with Crippen LogP contribution in [-0.2, 0) is 14.8 Å². The zero-order chi connectivity index (χ0) is 21.9. The number of aryl methyl sites for hydroxylation is 1. The number of rotatable bonds is 6. The zero-order valence-electron chi connectivity index (χ0n) is 15.9. The van der Waals surface area contributed by atoms with Gasteiger partial charge in [-0.1, -0.05) is 11.3 Å². The summed E-state index contributed by atoms with van der Waals surface area (Å²) in [7, 11) is -3.97. The quantitative estimate of drug-likeness (QED) is 0.533. The summed E-state index contributed by atoms with van der Waals surface area (Å²) >= 11 is 0.879. The average Bonchev–Trinajstić information content (AvgIpc) is 3.03. The number of aromatic nitrogens is 1. The third kappa shape index (κ3) is 5.19. The number of hydrogen-bond donors (Lipinski definition) is 3. The number of carbonyl (C=O) groups excluding carboxylic acids is 2. The van der Waals surface area contributed by atoms with Crippen LogP contribution in [0.2, 0.25) is 0 Å². The van der Waals surface area contributed by atoms with E-state index in [1.807, 2.05) is 0 Å². The van der Waals surface area contributed by atoms with E-state index in [9.17, 15) is 22.4 Å². The molecular formula is C19H17FN4O4S2. The van der Waals surface area contributed by atoms with Crippen molar-refractivity contribution < 1.29 is 22.4 Å². The van der Waals surface area contributed by atoms with Gasteiger partial charge in [-0.05, 0) is 55.5 Å². The van der Waals surface area contributed by atoms with E-state index in [4.69, 9.17) is 0 Å². The minimum Gasteiger partial charge on any atom is -0.326 e. The van der Waals surface area contributed by atoms with Crippen LogP contribution in [-0.4, -0.2) is 25.2 Å². The molecular weight excluding hydrogens is 431 g/mol. The van der Waals surface area contributed by atoms with Crippen LogP contribution in [0, 0.1) is 12.7 Å². The number of thiazole rings is 1.